The molecule has 1 aliphatic rings. The third-order valence-electron chi connectivity index (χ3n) is 3.05. The van der Waals surface area contributed by atoms with Crippen LogP contribution in [0.3, 0.4) is 0 Å². The zero-order valence-corrected chi connectivity index (χ0v) is 10.1. The predicted molar refractivity (Wildman–Crippen MR) is 70.5 cm³/mol. The Labute approximate surface area is 106 Å². The Kier molecular flexibility index (Phi) is 3.19. The van der Waals surface area contributed by atoms with Gasteiger partial charge in [-0.1, -0.05) is 12.1 Å². The number of benzene rings is 1. The van der Waals surface area contributed by atoms with Gasteiger partial charge >= 0.3 is 0 Å². The fraction of sp³-hybridized carbons (Fsp3) is 0.286. The summed E-state index contributed by atoms with van der Waals surface area (Å²) in [6.45, 7) is 3.48. The second kappa shape index (κ2) is 5.14. The van der Waals surface area contributed by atoms with Crippen LogP contribution in [0.25, 0.3) is 11.4 Å². The maximum atomic E-state index is 5.37. The molecular formula is C14H15N3O. The van der Waals surface area contributed by atoms with E-state index in [1.807, 2.05) is 12.1 Å². The van der Waals surface area contributed by atoms with E-state index in [1.54, 1.807) is 12.4 Å². The molecule has 1 aromatic carbocycles. The second-order valence-corrected chi connectivity index (χ2v) is 4.22. The number of anilines is 1. The van der Waals surface area contributed by atoms with Crippen molar-refractivity contribution in [2.45, 2.75) is 0 Å². The van der Waals surface area contributed by atoms with Crippen LogP contribution in [-0.2, 0) is 4.74 Å². The van der Waals surface area contributed by atoms with Gasteiger partial charge in [0.2, 0.25) is 0 Å². The van der Waals surface area contributed by atoms with Crippen LogP contribution in [0, 0.1) is 0 Å². The summed E-state index contributed by atoms with van der Waals surface area (Å²) >= 11 is 0. The fourth-order valence-electron chi connectivity index (χ4n) is 2.11. The Morgan fingerprint density at radius 2 is 1.78 bits per heavy atom. The maximum Gasteiger partial charge on any atom is 0.159 e. The Balaban J connectivity index is 1.89. The van der Waals surface area contributed by atoms with Crippen molar-refractivity contribution in [2.75, 3.05) is 31.2 Å². The smallest absolute Gasteiger partial charge is 0.159 e. The Morgan fingerprint density at radius 1 is 1.00 bits per heavy atom. The molecule has 1 aromatic heterocycles. The van der Waals surface area contributed by atoms with Crippen molar-refractivity contribution in [3.63, 3.8) is 0 Å². The van der Waals surface area contributed by atoms with Crippen molar-refractivity contribution < 1.29 is 4.74 Å². The molecule has 0 atom stereocenters. The van der Waals surface area contributed by atoms with E-state index in [0.717, 1.165) is 37.7 Å². The van der Waals surface area contributed by atoms with Crippen molar-refractivity contribution >= 4 is 5.69 Å². The Hall–Kier alpha value is -1.94. The van der Waals surface area contributed by atoms with Crippen LogP contribution in [-0.4, -0.2) is 36.3 Å². The van der Waals surface area contributed by atoms with Gasteiger partial charge in [-0.15, -0.1) is 0 Å². The van der Waals surface area contributed by atoms with Gasteiger partial charge in [-0.25, -0.2) is 9.97 Å². The lowest BCUT2D eigenvalue weighted by molar-refractivity contribution is 0.122. The summed E-state index contributed by atoms with van der Waals surface area (Å²) in [5.41, 5.74) is 2.27. The topological polar surface area (TPSA) is 38.2 Å². The second-order valence-electron chi connectivity index (χ2n) is 4.22. The van der Waals surface area contributed by atoms with Crippen LogP contribution in [0.1, 0.15) is 0 Å². The van der Waals surface area contributed by atoms with Gasteiger partial charge < -0.3 is 9.64 Å². The third kappa shape index (κ3) is 2.33. The van der Waals surface area contributed by atoms with Gasteiger partial charge in [0.15, 0.2) is 5.82 Å². The summed E-state index contributed by atoms with van der Waals surface area (Å²) in [6, 6.07) is 10.2. The summed E-state index contributed by atoms with van der Waals surface area (Å²) in [5, 5.41) is 0. The van der Waals surface area contributed by atoms with E-state index in [2.05, 4.69) is 33.1 Å². The van der Waals surface area contributed by atoms with E-state index in [0.29, 0.717) is 0 Å². The minimum absolute atomic E-state index is 0.771. The van der Waals surface area contributed by atoms with Crippen LogP contribution in [0.5, 0.6) is 0 Å². The summed E-state index contributed by atoms with van der Waals surface area (Å²) < 4.78 is 5.37. The van der Waals surface area contributed by atoms with Gasteiger partial charge in [-0.05, 0) is 18.2 Å². The molecule has 92 valence electrons. The molecule has 0 saturated carbocycles. The molecule has 0 unspecified atom stereocenters. The zero-order valence-electron chi connectivity index (χ0n) is 10.1. The molecule has 2 aromatic rings. The monoisotopic (exact) mass is 241 g/mol. The van der Waals surface area contributed by atoms with E-state index in [1.165, 1.54) is 5.69 Å². The Morgan fingerprint density at radius 3 is 2.56 bits per heavy atom. The maximum absolute atomic E-state index is 5.37. The average molecular weight is 241 g/mol. The SMILES string of the molecule is c1cnc(-c2cccc(N3CCOCC3)c2)nc1. The fourth-order valence-corrected chi connectivity index (χ4v) is 2.11. The van der Waals surface area contributed by atoms with Gasteiger partial charge in [-0.2, -0.15) is 0 Å². The van der Waals surface area contributed by atoms with Crippen molar-refractivity contribution in [3.8, 4) is 11.4 Å². The number of hydrogen-bond donors (Lipinski definition) is 0. The summed E-state index contributed by atoms with van der Waals surface area (Å²) in [6.07, 6.45) is 3.54. The van der Waals surface area contributed by atoms with Crippen molar-refractivity contribution in [2.24, 2.45) is 0 Å². The molecule has 3 rings (SSSR count). The third-order valence-corrected chi connectivity index (χ3v) is 3.05. The van der Waals surface area contributed by atoms with Gasteiger partial charge in [0.05, 0.1) is 13.2 Å². The van der Waals surface area contributed by atoms with Gasteiger partial charge in [0.25, 0.3) is 0 Å². The van der Waals surface area contributed by atoms with E-state index in [9.17, 15) is 0 Å². The highest BCUT2D eigenvalue weighted by Gasteiger charge is 2.11. The number of hydrogen-bond acceptors (Lipinski definition) is 4. The minimum Gasteiger partial charge on any atom is -0.378 e. The van der Waals surface area contributed by atoms with E-state index >= 15 is 0 Å². The normalized spacial score (nSPS) is 15.7. The molecule has 0 amide bonds. The molecule has 18 heavy (non-hydrogen) atoms. The van der Waals surface area contributed by atoms with Crippen molar-refractivity contribution in [1.29, 1.82) is 0 Å². The molecule has 1 saturated heterocycles. The minimum atomic E-state index is 0.771. The van der Waals surface area contributed by atoms with Gasteiger partial charge in [0, 0.05) is 36.7 Å². The molecule has 0 aliphatic carbocycles. The Bertz CT molecular complexity index is 509. The lowest BCUT2D eigenvalue weighted by Crippen LogP contribution is -2.36. The number of morpholine rings is 1. The van der Waals surface area contributed by atoms with Crippen molar-refractivity contribution in [1.82, 2.24) is 9.97 Å². The summed E-state index contributed by atoms with van der Waals surface area (Å²) in [5.74, 6) is 0.771. The van der Waals surface area contributed by atoms with E-state index < -0.39 is 0 Å². The van der Waals surface area contributed by atoms with Crippen LogP contribution in [0.2, 0.25) is 0 Å². The van der Waals surface area contributed by atoms with Crippen LogP contribution < -0.4 is 4.90 Å². The zero-order chi connectivity index (χ0) is 12.2. The summed E-state index contributed by atoms with van der Waals surface area (Å²) in [4.78, 5) is 10.9. The number of aromatic nitrogens is 2. The van der Waals surface area contributed by atoms with Gasteiger partial charge in [0.1, 0.15) is 0 Å². The molecule has 0 radical (unpaired) electrons. The molecule has 0 bridgehead atoms. The van der Waals surface area contributed by atoms with Crippen LogP contribution in [0.4, 0.5) is 5.69 Å². The molecular weight excluding hydrogens is 226 g/mol. The molecule has 0 N–H and O–H groups in total. The first-order chi connectivity index (χ1) is 8.93. The largest absolute Gasteiger partial charge is 0.378 e. The molecule has 2 heterocycles. The molecule has 1 aliphatic heterocycles. The quantitative estimate of drug-likeness (QED) is 0.806. The molecule has 1 fully saturated rings. The lowest BCUT2D eigenvalue weighted by Gasteiger charge is -2.29. The molecule has 0 spiro atoms. The highest BCUT2D eigenvalue weighted by molar-refractivity contribution is 5.63. The van der Waals surface area contributed by atoms with E-state index in [4.69, 9.17) is 4.74 Å². The van der Waals surface area contributed by atoms with Crippen molar-refractivity contribution in [3.05, 3.63) is 42.7 Å². The molecule has 4 nitrogen and oxygen atoms in total. The first-order valence-corrected chi connectivity index (χ1v) is 6.14. The first-order valence-electron chi connectivity index (χ1n) is 6.14. The van der Waals surface area contributed by atoms with Gasteiger partial charge in [-0.3, -0.25) is 0 Å². The summed E-state index contributed by atoms with van der Waals surface area (Å²) in [7, 11) is 0. The number of nitrogens with zero attached hydrogens (tertiary/aromatic N) is 3. The van der Waals surface area contributed by atoms with Crippen LogP contribution in [0.15, 0.2) is 42.7 Å². The van der Waals surface area contributed by atoms with E-state index in [-0.39, 0.29) is 0 Å². The number of ether oxygens (including phenoxy) is 1. The molecule has 4 heteroatoms. The predicted octanol–water partition coefficient (Wildman–Crippen LogP) is 1.98. The highest BCUT2D eigenvalue weighted by atomic mass is 16.5. The standard InChI is InChI=1S/C14H15N3O/c1-3-12(14-15-5-2-6-16-14)11-13(4-1)17-7-9-18-10-8-17/h1-6,11H,7-10H2. The highest BCUT2D eigenvalue weighted by Crippen LogP contribution is 2.22. The first kappa shape index (κ1) is 11.2. The average Bonchev–Trinajstić information content (AvgIpc) is 2.49. The lowest BCUT2D eigenvalue weighted by atomic mass is 10.1. The van der Waals surface area contributed by atoms with Crippen LogP contribution >= 0.6 is 0 Å². The number of rotatable bonds is 2.